The van der Waals surface area contributed by atoms with Crippen molar-refractivity contribution in [3.05, 3.63) is 35.9 Å². The predicted octanol–water partition coefficient (Wildman–Crippen LogP) is -0.337. The van der Waals surface area contributed by atoms with E-state index in [4.69, 9.17) is 10.9 Å². The van der Waals surface area contributed by atoms with Gasteiger partial charge in [-0.3, -0.25) is 14.8 Å². The fourth-order valence-electron chi connectivity index (χ4n) is 2.04. The monoisotopic (exact) mass is 263 g/mol. The third-order valence-corrected chi connectivity index (χ3v) is 3.13. The van der Waals surface area contributed by atoms with Crippen molar-refractivity contribution in [1.82, 2.24) is 10.4 Å². The van der Waals surface area contributed by atoms with E-state index in [1.54, 1.807) is 0 Å². The molecule has 1 fully saturated rings. The van der Waals surface area contributed by atoms with Crippen LogP contribution in [0.1, 0.15) is 12.0 Å². The van der Waals surface area contributed by atoms with E-state index in [-0.39, 0.29) is 12.5 Å². The first-order valence-electron chi connectivity index (χ1n) is 6.18. The van der Waals surface area contributed by atoms with Gasteiger partial charge in [-0.2, -0.15) is 0 Å². The molecule has 0 aromatic heterocycles. The van der Waals surface area contributed by atoms with Gasteiger partial charge in [0.2, 0.25) is 5.91 Å². The fourth-order valence-corrected chi connectivity index (χ4v) is 2.04. The number of rotatable bonds is 4. The molecule has 1 aliphatic rings. The largest absolute Gasteiger partial charge is 0.343 e. The van der Waals surface area contributed by atoms with Crippen LogP contribution in [0.3, 0.4) is 0 Å². The zero-order chi connectivity index (χ0) is 13.8. The summed E-state index contributed by atoms with van der Waals surface area (Å²) in [6, 6.07) is 8.06. The number of carbonyl (C=O) groups excluding carboxylic acids is 2. The lowest BCUT2D eigenvalue weighted by Gasteiger charge is -2.15. The molecule has 1 aromatic carbocycles. The number of hydroxylamine groups is 2. The molecular weight excluding hydrogens is 246 g/mol. The van der Waals surface area contributed by atoms with Crippen molar-refractivity contribution in [3.63, 3.8) is 0 Å². The molecule has 1 saturated heterocycles. The van der Waals surface area contributed by atoms with E-state index in [0.29, 0.717) is 17.9 Å². The Bertz CT molecular complexity index is 463. The summed E-state index contributed by atoms with van der Waals surface area (Å²) in [6.07, 6.45) is 0.815. The number of nitrogens with two attached hydrogens (primary N) is 1. The summed E-state index contributed by atoms with van der Waals surface area (Å²) in [4.78, 5) is 23.3. The van der Waals surface area contributed by atoms with Gasteiger partial charge in [-0.25, -0.2) is 5.06 Å². The predicted molar refractivity (Wildman–Crippen MR) is 68.2 cm³/mol. The third kappa shape index (κ3) is 3.30. The Kier molecular flexibility index (Phi) is 4.13. The molecule has 19 heavy (non-hydrogen) atoms. The Morgan fingerprint density at radius 1 is 1.47 bits per heavy atom. The van der Waals surface area contributed by atoms with Crippen molar-refractivity contribution < 1.29 is 14.8 Å². The molecule has 102 valence electrons. The van der Waals surface area contributed by atoms with Crippen LogP contribution in [-0.4, -0.2) is 40.7 Å². The second-order valence-electron chi connectivity index (χ2n) is 4.61. The smallest absolute Gasteiger partial charge is 0.268 e. The maximum Gasteiger partial charge on any atom is 0.268 e. The minimum absolute atomic E-state index is 0.234. The Morgan fingerprint density at radius 3 is 2.74 bits per heavy atom. The van der Waals surface area contributed by atoms with Crippen LogP contribution in [0.25, 0.3) is 0 Å². The summed E-state index contributed by atoms with van der Waals surface area (Å²) >= 11 is 0. The highest BCUT2D eigenvalue weighted by molar-refractivity contribution is 5.90. The van der Waals surface area contributed by atoms with Crippen LogP contribution in [0.4, 0.5) is 0 Å². The van der Waals surface area contributed by atoms with Gasteiger partial charge in [0.1, 0.15) is 6.04 Å². The van der Waals surface area contributed by atoms with E-state index in [1.165, 1.54) is 0 Å². The molecule has 0 radical (unpaired) electrons. The van der Waals surface area contributed by atoms with Crippen molar-refractivity contribution in [1.29, 1.82) is 0 Å². The van der Waals surface area contributed by atoms with Crippen LogP contribution in [0.5, 0.6) is 0 Å². The van der Waals surface area contributed by atoms with Crippen molar-refractivity contribution in [2.75, 3.05) is 6.54 Å². The number of hydrogen-bond acceptors (Lipinski definition) is 4. The second kappa shape index (κ2) is 5.81. The Morgan fingerprint density at radius 2 is 2.16 bits per heavy atom. The normalized spacial score (nSPS) is 20.4. The SMILES string of the molecule is N[C@@H](Cc1ccccc1)C(=O)N[C@@H]1CCN(O)C1=O. The molecule has 0 spiro atoms. The summed E-state index contributed by atoms with van der Waals surface area (Å²) in [6.45, 7) is 0.234. The molecule has 6 nitrogen and oxygen atoms in total. The molecule has 1 aromatic rings. The van der Waals surface area contributed by atoms with E-state index in [0.717, 1.165) is 5.56 Å². The Labute approximate surface area is 111 Å². The summed E-state index contributed by atoms with van der Waals surface area (Å²) in [7, 11) is 0. The summed E-state index contributed by atoms with van der Waals surface area (Å²) < 4.78 is 0. The topological polar surface area (TPSA) is 95.7 Å². The van der Waals surface area contributed by atoms with Gasteiger partial charge in [-0.1, -0.05) is 30.3 Å². The zero-order valence-corrected chi connectivity index (χ0v) is 10.5. The first kappa shape index (κ1) is 13.5. The highest BCUT2D eigenvalue weighted by atomic mass is 16.5. The van der Waals surface area contributed by atoms with Gasteiger partial charge >= 0.3 is 0 Å². The molecule has 2 rings (SSSR count). The molecule has 0 saturated carbocycles. The molecule has 0 bridgehead atoms. The van der Waals surface area contributed by atoms with Crippen LogP contribution < -0.4 is 11.1 Å². The summed E-state index contributed by atoms with van der Waals surface area (Å²) in [5.41, 5.74) is 6.77. The maximum atomic E-state index is 11.9. The van der Waals surface area contributed by atoms with Gasteiger partial charge in [0, 0.05) is 0 Å². The lowest BCUT2D eigenvalue weighted by molar-refractivity contribution is -0.159. The van der Waals surface area contributed by atoms with E-state index in [1.807, 2.05) is 30.3 Å². The maximum absolute atomic E-state index is 11.9. The van der Waals surface area contributed by atoms with Crippen LogP contribution in [-0.2, 0) is 16.0 Å². The third-order valence-electron chi connectivity index (χ3n) is 3.13. The van der Waals surface area contributed by atoms with E-state index in [2.05, 4.69) is 5.32 Å². The average molecular weight is 263 g/mol. The quantitative estimate of drug-likeness (QED) is 0.648. The van der Waals surface area contributed by atoms with Gasteiger partial charge in [-0.05, 0) is 18.4 Å². The first-order chi connectivity index (χ1) is 9.08. The number of nitrogens with zero attached hydrogens (tertiary/aromatic N) is 1. The number of hydrogen-bond donors (Lipinski definition) is 3. The van der Waals surface area contributed by atoms with Crippen molar-refractivity contribution in [2.24, 2.45) is 5.73 Å². The minimum atomic E-state index is -0.706. The fraction of sp³-hybridized carbons (Fsp3) is 0.385. The number of amides is 2. The van der Waals surface area contributed by atoms with Crippen molar-refractivity contribution in [2.45, 2.75) is 24.9 Å². The highest BCUT2D eigenvalue weighted by Crippen LogP contribution is 2.09. The van der Waals surface area contributed by atoms with E-state index in [9.17, 15) is 9.59 Å². The first-order valence-corrected chi connectivity index (χ1v) is 6.18. The molecule has 2 amide bonds. The average Bonchev–Trinajstić information content (AvgIpc) is 2.72. The molecule has 6 heteroatoms. The highest BCUT2D eigenvalue weighted by Gasteiger charge is 2.32. The molecule has 4 N–H and O–H groups in total. The summed E-state index contributed by atoms with van der Waals surface area (Å²) in [5, 5.41) is 12.3. The second-order valence-corrected chi connectivity index (χ2v) is 4.61. The van der Waals surface area contributed by atoms with E-state index < -0.39 is 18.0 Å². The molecule has 2 atom stereocenters. The van der Waals surface area contributed by atoms with Crippen LogP contribution in [0.15, 0.2) is 30.3 Å². The minimum Gasteiger partial charge on any atom is -0.343 e. The van der Waals surface area contributed by atoms with Crippen LogP contribution >= 0.6 is 0 Å². The lowest BCUT2D eigenvalue weighted by atomic mass is 10.1. The molecule has 1 aliphatic heterocycles. The number of nitrogens with one attached hydrogen (secondary N) is 1. The van der Waals surface area contributed by atoms with Gasteiger partial charge < -0.3 is 11.1 Å². The van der Waals surface area contributed by atoms with Gasteiger partial charge in [-0.15, -0.1) is 0 Å². The van der Waals surface area contributed by atoms with Crippen LogP contribution in [0.2, 0.25) is 0 Å². The van der Waals surface area contributed by atoms with Crippen LogP contribution in [0, 0.1) is 0 Å². The molecule has 1 heterocycles. The molecule has 0 unspecified atom stereocenters. The standard InChI is InChI=1S/C13H17N3O3/c14-10(8-9-4-2-1-3-5-9)12(17)15-11-6-7-16(19)13(11)18/h1-5,10-11,19H,6-8,14H2,(H,15,17)/t10-,11+/m0/s1. The van der Waals surface area contributed by atoms with Crippen molar-refractivity contribution >= 4 is 11.8 Å². The Balaban J connectivity index is 1.88. The van der Waals surface area contributed by atoms with Gasteiger partial charge in [0.15, 0.2) is 0 Å². The lowest BCUT2D eigenvalue weighted by Crippen LogP contribution is -2.48. The zero-order valence-electron chi connectivity index (χ0n) is 10.5. The van der Waals surface area contributed by atoms with Crippen molar-refractivity contribution in [3.8, 4) is 0 Å². The summed E-state index contributed by atoms with van der Waals surface area (Å²) in [5.74, 6) is -0.863. The van der Waals surface area contributed by atoms with Gasteiger partial charge in [0.05, 0.1) is 12.6 Å². The number of benzene rings is 1. The Hall–Kier alpha value is -1.92. The number of carbonyl (C=O) groups is 2. The van der Waals surface area contributed by atoms with E-state index >= 15 is 0 Å². The van der Waals surface area contributed by atoms with Gasteiger partial charge in [0.25, 0.3) is 5.91 Å². The molecular formula is C13H17N3O3. The molecule has 0 aliphatic carbocycles.